The number of rotatable bonds is 6. The van der Waals surface area contributed by atoms with Crippen LogP contribution in [0.15, 0.2) is 66.7 Å². The molecule has 0 aliphatic rings. The Kier molecular flexibility index (Phi) is 6.44. The lowest BCUT2D eigenvalue weighted by molar-refractivity contribution is 0.147. The second kappa shape index (κ2) is 9.42. The zero-order valence-corrected chi connectivity index (χ0v) is 18.6. The second-order valence-electron chi connectivity index (χ2n) is 7.96. The Bertz CT molecular complexity index is 1280. The summed E-state index contributed by atoms with van der Waals surface area (Å²) < 4.78 is 5.16. The summed E-state index contributed by atoms with van der Waals surface area (Å²) in [4.78, 5) is 16.7. The highest BCUT2D eigenvalue weighted by Gasteiger charge is 2.15. The minimum atomic E-state index is -1.02. The van der Waals surface area contributed by atoms with Crippen LogP contribution in [0.25, 0.3) is 21.8 Å². The van der Waals surface area contributed by atoms with Crippen molar-refractivity contribution < 1.29 is 14.6 Å². The second-order valence-corrected chi connectivity index (χ2v) is 8.39. The first-order valence-electron chi connectivity index (χ1n) is 10.4. The molecule has 0 saturated carbocycles. The molecule has 6 nitrogen and oxygen atoms in total. The maximum Gasteiger partial charge on any atom is 0.411 e. The number of benzene rings is 3. The predicted molar refractivity (Wildman–Crippen MR) is 129 cm³/mol. The molecule has 0 fully saturated rings. The maximum atomic E-state index is 12.0. The lowest BCUT2D eigenvalue weighted by atomic mass is 10.1. The number of carbonyl (C=O) groups is 1. The van der Waals surface area contributed by atoms with Gasteiger partial charge >= 0.3 is 6.09 Å². The Morgan fingerprint density at radius 1 is 1.03 bits per heavy atom. The molecule has 1 unspecified atom stereocenters. The largest absolute Gasteiger partial charge is 0.449 e. The Balaban J connectivity index is 1.63. The highest BCUT2D eigenvalue weighted by Crippen LogP contribution is 2.34. The van der Waals surface area contributed by atoms with Gasteiger partial charge in [-0.15, -0.1) is 0 Å². The monoisotopic (exact) mass is 449 g/mol. The first kappa shape index (κ1) is 21.9. The topological polar surface area (TPSA) is 83.5 Å². The van der Waals surface area contributed by atoms with E-state index in [1.165, 1.54) is 0 Å². The summed E-state index contributed by atoms with van der Waals surface area (Å²) in [5, 5.41) is 19.2. The summed E-state index contributed by atoms with van der Waals surface area (Å²) in [5.74, 6) is 0.248. The Morgan fingerprint density at radius 2 is 1.81 bits per heavy atom. The number of pyridine rings is 1. The Labute approximate surface area is 191 Å². The fourth-order valence-corrected chi connectivity index (χ4v) is 3.59. The number of aliphatic hydroxyl groups excluding tert-OH is 1. The van der Waals surface area contributed by atoms with Crippen LogP contribution in [0, 0.1) is 5.92 Å². The molecule has 164 valence electrons. The van der Waals surface area contributed by atoms with E-state index in [-0.39, 0.29) is 5.92 Å². The number of nitrogens with one attached hydrogen (secondary N) is 2. The van der Waals surface area contributed by atoms with Crippen molar-refractivity contribution in [1.82, 2.24) is 4.98 Å². The molecular weight excluding hydrogens is 426 g/mol. The Hall–Kier alpha value is -3.35. The van der Waals surface area contributed by atoms with E-state index in [1.807, 2.05) is 44.2 Å². The molecule has 1 atom stereocenters. The number of aromatic nitrogens is 1. The van der Waals surface area contributed by atoms with E-state index in [9.17, 15) is 9.90 Å². The van der Waals surface area contributed by atoms with Crippen molar-refractivity contribution in [2.24, 2.45) is 5.92 Å². The molecule has 7 heteroatoms. The maximum absolute atomic E-state index is 12.0. The molecule has 0 aliphatic carbocycles. The number of anilines is 2. The van der Waals surface area contributed by atoms with Crippen LogP contribution in [0.4, 0.5) is 16.2 Å². The first-order valence-corrected chi connectivity index (χ1v) is 10.7. The molecule has 0 aliphatic heterocycles. The first-order chi connectivity index (χ1) is 15.4. The minimum absolute atomic E-state index is 0.248. The smallest absolute Gasteiger partial charge is 0.411 e. The van der Waals surface area contributed by atoms with Gasteiger partial charge in [-0.25, -0.2) is 9.78 Å². The average molecular weight is 450 g/mol. The van der Waals surface area contributed by atoms with Crippen molar-refractivity contribution in [3.8, 4) is 0 Å². The van der Waals surface area contributed by atoms with Crippen LogP contribution in [0.5, 0.6) is 0 Å². The number of nitrogens with zero attached hydrogens (tertiary/aromatic N) is 1. The summed E-state index contributed by atoms with van der Waals surface area (Å²) in [5.41, 5.74) is 3.40. The molecule has 3 N–H and O–H groups in total. The van der Waals surface area contributed by atoms with Crippen LogP contribution in [-0.2, 0) is 4.74 Å². The molecule has 32 heavy (non-hydrogen) atoms. The van der Waals surface area contributed by atoms with Crippen molar-refractivity contribution in [2.75, 3.05) is 17.2 Å². The normalized spacial score (nSPS) is 12.2. The number of amides is 1. The fourth-order valence-electron chi connectivity index (χ4n) is 3.42. The van der Waals surface area contributed by atoms with Crippen molar-refractivity contribution in [2.45, 2.75) is 20.1 Å². The molecule has 4 aromatic rings. The van der Waals surface area contributed by atoms with E-state index in [0.717, 1.165) is 27.5 Å². The number of hydrogen-bond donors (Lipinski definition) is 3. The zero-order chi connectivity index (χ0) is 22.7. The number of para-hydroxylation sites is 1. The number of halogens is 1. The summed E-state index contributed by atoms with van der Waals surface area (Å²) in [6.07, 6.45) is -1.55. The van der Waals surface area contributed by atoms with Crippen LogP contribution >= 0.6 is 11.6 Å². The van der Waals surface area contributed by atoms with Gasteiger partial charge in [-0.2, -0.15) is 0 Å². The molecular formula is C25H24ClN3O3. The summed E-state index contributed by atoms with van der Waals surface area (Å²) in [6.45, 7) is 4.27. The fraction of sp³-hybridized carbons (Fsp3) is 0.200. The average Bonchev–Trinajstić information content (AvgIpc) is 2.77. The van der Waals surface area contributed by atoms with E-state index in [2.05, 4.69) is 15.6 Å². The predicted octanol–water partition coefficient (Wildman–Crippen LogP) is 6.35. The van der Waals surface area contributed by atoms with Gasteiger partial charge in [-0.3, -0.25) is 5.32 Å². The van der Waals surface area contributed by atoms with Gasteiger partial charge in [0.05, 0.1) is 23.3 Å². The molecule has 0 spiro atoms. The summed E-state index contributed by atoms with van der Waals surface area (Å²) in [7, 11) is 0. The van der Waals surface area contributed by atoms with Crippen LogP contribution in [0.3, 0.4) is 0 Å². The van der Waals surface area contributed by atoms with E-state index < -0.39 is 12.3 Å². The van der Waals surface area contributed by atoms with Gasteiger partial charge in [-0.05, 0) is 42.3 Å². The third-order valence-electron chi connectivity index (χ3n) is 4.92. The zero-order valence-electron chi connectivity index (χ0n) is 17.8. The van der Waals surface area contributed by atoms with E-state index in [1.54, 1.807) is 36.4 Å². The molecule has 0 saturated heterocycles. The minimum Gasteiger partial charge on any atom is -0.449 e. The van der Waals surface area contributed by atoms with Crippen LogP contribution in [-0.4, -0.2) is 22.8 Å². The van der Waals surface area contributed by atoms with Gasteiger partial charge in [0.15, 0.2) is 6.23 Å². The van der Waals surface area contributed by atoms with E-state index in [4.69, 9.17) is 16.3 Å². The standard InChI is InChI=1S/C25H24ClN3O3/c1-15(2)14-32-25(31)27-18-7-5-6-16(12-18)24(30)29-23-19-8-3-4-9-21(19)28-22-13-17(26)10-11-20(22)23/h3-13,15,24,30H,14H2,1-2H3,(H,27,31)(H,28,29). The SMILES string of the molecule is CC(C)COC(=O)Nc1cccc(C(O)Nc2c3ccccc3nc3cc(Cl)ccc23)c1. The lowest BCUT2D eigenvalue weighted by Gasteiger charge is -2.19. The number of hydrogen-bond acceptors (Lipinski definition) is 5. The molecule has 4 rings (SSSR count). The van der Waals surface area contributed by atoms with Crippen molar-refractivity contribution in [1.29, 1.82) is 0 Å². The molecule has 1 amide bonds. The summed E-state index contributed by atoms with van der Waals surface area (Å²) in [6, 6.07) is 20.2. The molecule has 0 radical (unpaired) electrons. The molecule has 0 bridgehead atoms. The van der Waals surface area contributed by atoms with Crippen LogP contribution < -0.4 is 10.6 Å². The van der Waals surface area contributed by atoms with Crippen molar-refractivity contribution in [3.05, 3.63) is 77.3 Å². The highest BCUT2D eigenvalue weighted by molar-refractivity contribution is 6.31. The van der Waals surface area contributed by atoms with E-state index >= 15 is 0 Å². The van der Waals surface area contributed by atoms with Crippen molar-refractivity contribution in [3.63, 3.8) is 0 Å². The number of ether oxygens (including phenoxy) is 1. The van der Waals surface area contributed by atoms with Gasteiger partial charge in [0.1, 0.15) is 0 Å². The molecule has 1 aromatic heterocycles. The van der Waals surface area contributed by atoms with Gasteiger partial charge < -0.3 is 15.2 Å². The third kappa shape index (κ3) is 4.93. The van der Waals surface area contributed by atoms with Gasteiger partial charge in [0.25, 0.3) is 0 Å². The Morgan fingerprint density at radius 3 is 2.62 bits per heavy atom. The van der Waals surface area contributed by atoms with Gasteiger partial charge in [0.2, 0.25) is 0 Å². The number of fused-ring (bicyclic) bond motifs is 2. The van der Waals surface area contributed by atoms with Crippen LogP contribution in [0.2, 0.25) is 5.02 Å². The van der Waals surface area contributed by atoms with Crippen molar-refractivity contribution >= 4 is 50.9 Å². The van der Waals surface area contributed by atoms with Crippen LogP contribution in [0.1, 0.15) is 25.6 Å². The summed E-state index contributed by atoms with van der Waals surface area (Å²) >= 11 is 6.17. The van der Waals surface area contributed by atoms with Gasteiger partial charge in [-0.1, -0.05) is 55.8 Å². The van der Waals surface area contributed by atoms with Gasteiger partial charge in [0, 0.05) is 27.0 Å². The lowest BCUT2D eigenvalue weighted by Crippen LogP contribution is -2.17. The quantitative estimate of drug-likeness (QED) is 0.236. The van der Waals surface area contributed by atoms with E-state index in [0.29, 0.717) is 22.9 Å². The number of carbonyl (C=O) groups excluding carboxylic acids is 1. The molecule has 1 heterocycles. The third-order valence-corrected chi connectivity index (χ3v) is 5.16. The number of aliphatic hydroxyl groups is 1. The molecule has 3 aromatic carbocycles. The highest BCUT2D eigenvalue weighted by atomic mass is 35.5.